The van der Waals surface area contributed by atoms with Gasteiger partial charge in [0.15, 0.2) is 5.16 Å². The SMILES string of the molecule is Cn1c(SCC(=O)O)nnc1N1CCCCC1. The molecule has 0 unspecified atom stereocenters. The second-order valence-corrected chi connectivity index (χ2v) is 5.01. The third-order valence-electron chi connectivity index (χ3n) is 2.78. The Morgan fingerprint density at radius 2 is 2.06 bits per heavy atom. The molecule has 1 fully saturated rings. The summed E-state index contributed by atoms with van der Waals surface area (Å²) in [6.45, 7) is 2.02. The minimum Gasteiger partial charge on any atom is -0.481 e. The van der Waals surface area contributed by atoms with Crippen LogP contribution in [0.3, 0.4) is 0 Å². The number of carboxylic acids is 1. The molecule has 0 saturated carbocycles. The third kappa shape index (κ3) is 2.91. The minimum atomic E-state index is -0.836. The van der Waals surface area contributed by atoms with E-state index in [2.05, 4.69) is 15.1 Å². The van der Waals surface area contributed by atoms with E-state index in [1.165, 1.54) is 31.0 Å². The molecule has 0 aromatic carbocycles. The summed E-state index contributed by atoms with van der Waals surface area (Å²) in [7, 11) is 1.88. The molecular formula is C10H16N4O2S. The predicted octanol–water partition coefficient (Wildman–Crippen LogP) is 0.982. The maximum Gasteiger partial charge on any atom is 0.313 e. The summed E-state index contributed by atoms with van der Waals surface area (Å²) in [6, 6.07) is 0. The fraction of sp³-hybridized carbons (Fsp3) is 0.700. The molecule has 1 N–H and O–H groups in total. The first-order valence-electron chi connectivity index (χ1n) is 5.67. The van der Waals surface area contributed by atoms with Gasteiger partial charge in [0.25, 0.3) is 0 Å². The van der Waals surface area contributed by atoms with Gasteiger partial charge in [-0.2, -0.15) is 0 Å². The average molecular weight is 256 g/mol. The summed E-state index contributed by atoms with van der Waals surface area (Å²) >= 11 is 1.20. The molecule has 0 spiro atoms. The van der Waals surface area contributed by atoms with Crippen LogP contribution in [-0.4, -0.2) is 44.7 Å². The molecule has 2 rings (SSSR count). The first-order chi connectivity index (χ1) is 8.18. The van der Waals surface area contributed by atoms with Crippen molar-refractivity contribution in [2.24, 2.45) is 7.05 Å². The van der Waals surface area contributed by atoms with Crippen molar-refractivity contribution in [1.82, 2.24) is 14.8 Å². The van der Waals surface area contributed by atoms with Gasteiger partial charge < -0.3 is 10.0 Å². The molecule has 0 aliphatic carbocycles. The highest BCUT2D eigenvalue weighted by atomic mass is 32.2. The Labute approximate surface area is 104 Å². The van der Waals surface area contributed by atoms with Gasteiger partial charge in [-0.3, -0.25) is 9.36 Å². The van der Waals surface area contributed by atoms with E-state index in [9.17, 15) is 4.79 Å². The van der Waals surface area contributed by atoms with Gasteiger partial charge in [-0.05, 0) is 19.3 Å². The van der Waals surface area contributed by atoms with E-state index in [-0.39, 0.29) is 5.75 Å². The number of piperidine rings is 1. The normalized spacial score (nSPS) is 16.2. The van der Waals surface area contributed by atoms with Crippen LogP contribution in [0.1, 0.15) is 19.3 Å². The summed E-state index contributed by atoms with van der Waals surface area (Å²) < 4.78 is 1.87. The average Bonchev–Trinajstić information content (AvgIpc) is 2.69. The Balaban J connectivity index is 2.05. The number of aromatic nitrogens is 3. The van der Waals surface area contributed by atoms with E-state index in [0.717, 1.165) is 19.0 Å². The summed E-state index contributed by atoms with van der Waals surface area (Å²) in [4.78, 5) is 12.7. The Kier molecular flexibility index (Phi) is 3.88. The molecule has 0 bridgehead atoms. The molecule has 94 valence electrons. The van der Waals surface area contributed by atoms with E-state index < -0.39 is 5.97 Å². The fourth-order valence-corrected chi connectivity index (χ4v) is 2.55. The molecule has 6 nitrogen and oxygen atoms in total. The maximum atomic E-state index is 10.5. The van der Waals surface area contributed by atoms with Crippen molar-refractivity contribution in [3.63, 3.8) is 0 Å². The number of anilines is 1. The van der Waals surface area contributed by atoms with Gasteiger partial charge in [-0.25, -0.2) is 0 Å². The van der Waals surface area contributed by atoms with Crippen LogP contribution in [0.4, 0.5) is 5.95 Å². The highest BCUT2D eigenvalue weighted by Gasteiger charge is 2.18. The van der Waals surface area contributed by atoms with Crippen LogP contribution in [0.2, 0.25) is 0 Å². The molecule has 1 saturated heterocycles. The van der Waals surface area contributed by atoms with Crippen molar-refractivity contribution in [2.45, 2.75) is 24.4 Å². The van der Waals surface area contributed by atoms with Crippen LogP contribution in [0.25, 0.3) is 0 Å². The van der Waals surface area contributed by atoms with Gasteiger partial charge >= 0.3 is 5.97 Å². The number of carbonyl (C=O) groups is 1. The number of aliphatic carboxylic acids is 1. The lowest BCUT2D eigenvalue weighted by Crippen LogP contribution is -2.31. The van der Waals surface area contributed by atoms with Gasteiger partial charge in [-0.1, -0.05) is 11.8 Å². The van der Waals surface area contributed by atoms with Crippen molar-refractivity contribution in [1.29, 1.82) is 0 Å². The van der Waals surface area contributed by atoms with Gasteiger partial charge in [0.2, 0.25) is 5.95 Å². The largest absolute Gasteiger partial charge is 0.481 e. The third-order valence-corrected chi connectivity index (χ3v) is 3.78. The molecule has 1 aliphatic heterocycles. The summed E-state index contributed by atoms with van der Waals surface area (Å²) in [5.41, 5.74) is 0. The van der Waals surface area contributed by atoms with Crippen molar-refractivity contribution in [3.05, 3.63) is 0 Å². The zero-order chi connectivity index (χ0) is 12.3. The Bertz CT molecular complexity index is 401. The molecular weight excluding hydrogens is 240 g/mol. The molecule has 1 aromatic heterocycles. The smallest absolute Gasteiger partial charge is 0.313 e. The minimum absolute atomic E-state index is 0.0198. The van der Waals surface area contributed by atoms with Crippen LogP contribution in [0.15, 0.2) is 5.16 Å². The van der Waals surface area contributed by atoms with Crippen LogP contribution in [-0.2, 0) is 11.8 Å². The fourth-order valence-electron chi connectivity index (χ4n) is 1.93. The van der Waals surface area contributed by atoms with Gasteiger partial charge in [0, 0.05) is 20.1 Å². The Morgan fingerprint density at radius 3 is 2.71 bits per heavy atom. The molecule has 7 heteroatoms. The highest BCUT2D eigenvalue weighted by Crippen LogP contribution is 2.22. The van der Waals surface area contributed by atoms with E-state index >= 15 is 0 Å². The quantitative estimate of drug-likeness (QED) is 0.810. The van der Waals surface area contributed by atoms with E-state index in [1.54, 1.807) is 0 Å². The summed E-state index contributed by atoms with van der Waals surface area (Å²) in [5, 5.41) is 17.5. The highest BCUT2D eigenvalue weighted by molar-refractivity contribution is 7.99. The number of carboxylic acid groups (broad SMARTS) is 1. The number of hydrogen-bond acceptors (Lipinski definition) is 5. The van der Waals surface area contributed by atoms with E-state index in [4.69, 9.17) is 5.11 Å². The summed E-state index contributed by atoms with van der Waals surface area (Å²) in [5.74, 6) is 0.0292. The number of rotatable bonds is 4. The number of thioether (sulfide) groups is 1. The zero-order valence-corrected chi connectivity index (χ0v) is 10.6. The molecule has 0 atom stereocenters. The number of hydrogen-bond donors (Lipinski definition) is 1. The van der Waals surface area contributed by atoms with Crippen molar-refractivity contribution in [2.75, 3.05) is 23.7 Å². The van der Waals surface area contributed by atoms with Gasteiger partial charge in [0.05, 0.1) is 5.75 Å². The zero-order valence-electron chi connectivity index (χ0n) is 9.80. The predicted molar refractivity (Wildman–Crippen MR) is 65.4 cm³/mol. The first kappa shape index (κ1) is 12.2. The van der Waals surface area contributed by atoms with Crippen molar-refractivity contribution >= 4 is 23.7 Å². The van der Waals surface area contributed by atoms with Gasteiger partial charge in [0.1, 0.15) is 0 Å². The van der Waals surface area contributed by atoms with Crippen LogP contribution >= 0.6 is 11.8 Å². The lowest BCUT2D eigenvalue weighted by atomic mass is 10.1. The van der Waals surface area contributed by atoms with Gasteiger partial charge in [-0.15, -0.1) is 10.2 Å². The second kappa shape index (κ2) is 5.39. The van der Waals surface area contributed by atoms with E-state index in [1.807, 2.05) is 11.6 Å². The topological polar surface area (TPSA) is 71.2 Å². The van der Waals surface area contributed by atoms with E-state index in [0.29, 0.717) is 5.16 Å². The summed E-state index contributed by atoms with van der Waals surface area (Å²) in [6.07, 6.45) is 3.64. The Morgan fingerprint density at radius 1 is 1.35 bits per heavy atom. The monoisotopic (exact) mass is 256 g/mol. The Hall–Kier alpha value is -1.24. The lowest BCUT2D eigenvalue weighted by Gasteiger charge is -2.26. The lowest BCUT2D eigenvalue weighted by molar-refractivity contribution is -0.133. The molecule has 0 radical (unpaired) electrons. The molecule has 1 aliphatic rings. The molecule has 17 heavy (non-hydrogen) atoms. The van der Waals surface area contributed by atoms with Crippen LogP contribution < -0.4 is 4.90 Å². The standard InChI is InChI=1S/C10H16N4O2S/c1-13-9(14-5-3-2-4-6-14)11-12-10(13)17-7-8(15)16/h2-7H2,1H3,(H,15,16). The molecule has 2 heterocycles. The first-order valence-corrected chi connectivity index (χ1v) is 6.66. The molecule has 1 aromatic rings. The maximum absolute atomic E-state index is 10.5. The molecule has 0 amide bonds. The van der Waals surface area contributed by atoms with Crippen molar-refractivity contribution < 1.29 is 9.90 Å². The second-order valence-electron chi connectivity index (χ2n) is 4.07. The number of nitrogens with zero attached hydrogens (tertiary/aromatic N) is 4. The van der Waals surface area contributed by atoms with Crippen molar-refractivity contribution in [3.8, 4) is 0 Å². The van der Waals surface area contributed by atoms with Crippen LogP contribution in [0.5, 0.6) is 0 Å². The van der Waals surface area contributed by atoms with Crippen LogP contribution in [0, 0.1) is 0 Å².